The fourth-order valence-corrected chi connectivity index (χ4v) is 2.81. The maximum Gasteiger partial charge on any atom is 0.242 e. The van der Waals surface area contributed by atoms with Gasteiger partial charge in [0.05, 0.1) is 4.90 Å². The Balaban J connectivity index is 2.10. The van der Waals surface area contributed by atoms with Crippen LogP contribution in [0.4, 0.5) is 5.69 Å². The summed E-state index contributed by atoms with van der Waals surface area (Å²) in [5.41, 5.74) is 0.960. The van der Waals surface area contributed by atoms with Crippen molar-refractivity contribution in [2.75, 3.05) is 19.4 Å². The number of anilines is 1. The van der Waals surface area contributed by atoms with Crippen LogP contribution in [0.3, 0.4) is 0 Å². The Labute approximate surface area is 108 Å². The van der Waals surface area contributed by atoms with Crippen LogP contribution in [0.2, 0.25) is 0 Å². The normalized spacial score (nSPS) is 16.4. The van der Waals surface area contributed by atoms with Gasteiger partial charge in [0.25, 0.3) is 0 Å². The summed E-state index contributed by atoms with van der Waals surface area (Å²) >= 11 is 0. The first kappa shape index (κ1) is 13.1. The van der Waals surface area contributed by atoms with Gasteiger partial charge in [0.15, 0.2) is 0 Å². The highest BCUT2D eigenvalue weighted by molar-refractivity contribution is 7.89. The van der Waals surface area contributed by atoms with Gasteiger partial charge in [0, 0.05) is 25.8 Å². The fraction of sp³-hybridized carbons (Fsp3) is 0.385. The molecule has 1 N–H and O–H groups in total. The van der Waals surface area contributed by atoms with E-state index in [1.165, 1.54) is 18.4 Å². The summed E-state index contributed by atoms with van der Waals surface area (Å²) in [7, 11) is -0.261. The van der Waals surface area contributed by atoms with E-state index < -0.39 is 10.0 Å². The second-order valence-corrected chi connectivity index (χ2v) is 6.75. The molecule has 0 aromatic heterocycles. The number of sulfonamides is 1. The molecule has 0 saturated heterocycles. The summed E-state index contributed by atoms with van der Waals surface area (Å²) in [4.78, 5) is 0.322. The standard InChI is InChI=1S/C13H18N2O2S/c1-15(2)18(16,17)13-9-7-12(8-10-13)14-11-5-3-4-6-11/h3-4,7-11,14H,5-6H2,1-2H3. The van der Waals surface area contributed by atoms with Crippen LogP contribution in [0, 0.1) is 0 Å². The smallest absolute Gasteiger partial charge is 0.242 e. The number of hydrogen-bond acceptors (Lipinski definition) is 3. The highest BCUT2D eigenvalue weighted by atomic mass is 32.2. The first-order valence-electron chi connectivity index (χ1n) is 5.94. The summed E-state index contributed by atoms with van der Waals surface area (Å²) in [5.74, 6) is 0. The van der Waals surface area contributed by atoms with Gasteiger partial charge in [-0.05, 0) is 37.1 Å². The first-order chi connectivity index (χ1) is 8.50. The Bertz CT molecular complexity index is 525. The Hall–Kier alpha value is -1.33. The van der Waals surface area contributed by atoms with Crippen molar-refractivity contribution < 1.29 is 8.42 Å². The van der Waals surface area contributed by atoms with Gasteiger partial charge in [0.2, 0.25) is 10.0 Å². The van der Waals surface area contributed by atoms with Gasteiger partial charge in [-0.1, -0.05) is 12.2 Å². The van der Waals surface area contributed by atoms with E-state index in [0.717, 1.165) is 18.5 Å². The quantitative estimate of drug-likeness (QED) is 0.849. The van der Waals surface area contributed by atoms with E-state index in [-0.39, 0.29) is 0 Å². The van der Waals surface area contributed by atoms with E-state index in [2.05, 4.69) is 17.5 Å². The van der Waals surface area contributed by atoms with Crippen molar-refractivity contribution >= 4 is 15.7 Å². The molecule has 1 aromatic rings. The minimum absolute atomic E-state index is 0.322. The topological polar surface area (TPSA) is 49.4 Å². The predicted octanol–water partition coefficient (Wildman–Crippen LogP) is 2.07. The summed E-state index contributed by atoms with van der Waals surface area (Å²) in [5, 5.41) is 3.38. The van der Waals surface area contributed by atoms with Crippen LogP contribution in [-0.4, -0.2) is 32.9 Å². The molecule has 18 heavy (non-hydrogen) atoms. The largest absolute Gasteiger partial charge is 0.382 e. The van der Waals surface area contributed by atoms with Crippen LogP contribution in [-0.2, 0) is 10.0 Å². The molecule has 0 bridgehead atoms. The van der Waals surface area contributed by atoms with Gasteiger partial charge in [-0.15, -0.1) is 0 Å². The van der Waals surface area contributed by atoms with Crippen LogP contribution in [0.15, 0.2) is 41.3 Å². The summed E-state index contributed by atoms with van der Waals surface area (Å²) in [6.45, 7) is 0. The Morgan fingerprint density at radius 3 is 2.17 bits per heavy atom. The minimum Gasteiger partial charge on any atom is -0.382 e. The van der Waals surface area contributed by atoms with E-state index in [0.29, 0.717) is 10.9 Å². The fourth-order valence-electron chi connectivity index (χ4n) is 1.90. The van der Waals surface area contributed by atoms with Crippen molar-refractivity contribution in [3.8, 4) is 0 Å². The lowest BCUT2D eigenvalue weighted by atomic mass is 10.2. The predicted molar refractivity (Wildman–Crippen MR) is 73.1 cm³/mol. The third-order valence-electron chi connectivity index (χ3n) is 3.01. The summed E-state index contributed by atoms with van der Waals surface area (Å²) in [6, 6.07) is 7.34. The lowest BCUT2D eigenvalue weighted by Gasteiger charge is -2.15. The Morgan fingerprint density at radius 1 is 1.11 bits per heavy atom. The maximum atomic E-state index is 11.9. The molecular formula is C13H18N2O2S. The lowest BCUT2D eigenvalue weighted by Crippen LogP contribution is -2.22. The van der Waals surface area contributed by atoms with E-state index in [9.17, 15) is 8.42 Å². The highest BCUT2D eigenvalue weighted by Gasteiger charge is 2.17. The lowest BCUT2D eigenvalue weighted by molar-refractivity contribution is 0.521. The molecule has 0 fully saturated rings. The molecule has 0 spiro atoms. The Kier molecular flexibility index (Phi) is 3.73. The number of nitrogens with zero attached hydrogens (tertiary/aromatic N) is 1. The van der Waals surface area contributed by atoms with Gasteiger partial charge in [-0.25, -0.2) is 12.7 Å². The zero-order chi connectivity index (χ0) is 13.2. The number of benzene rings is 1. The molecule has 0 radical (unpaired) electrons. The number of hydrogen-bond donors (Lipinski definition) is 1. The second kappa shape index (κ2) is 5.12. The van der Waals surface area contributed by atoms with Crippen molar-refractivity contribution in [3.63, 3.8) is 0 Å². The highest BCUT2D eigenvalue weighted by Crippen LogP contribution is 2.20. The van der Waals surface area contributed by atoms with Crippen molar-refractivity contribution in [3.05, 3.63) is 36.4 Å². The third kappa shape index (κ3) is 2.73. The van der Waals surface area contributed by atoms with Gasteiger partial charge in [-0.2, -0.15) is 0 Å². The zero-order valence-corrected chi connectivity index (χ0v) is 11.4. The molecule has 2 rings (SSSR count). The SMILES string of the molecule is CN(C)S(=O)(=O)c1ccc(NC2CC=CC2)cc1. The van der Waals surface area contributed by atoms with Crippen molar-refractivity contribution in [2.45, 2.75) is 23.8 Å². The molecule has 0 atom stereocenters. The van der Waals surface area contributed by atoms with Crippen molar-refractivity contribution in [1.82, 2.24) is 4.31 Å². The molecule has 0 heterocycles. The van der Waals surface area contributed by atoms with Crippen LogP contribution < -0.4 is 5.32 Å². The molecule has 4 nitrogen and oxygen atoms in total. The molecule has 1 aliphatic carbocycles. The average Bonchev–Trinajstić information content (AvgIpc) is 2.82. The monoisotopic (exact) mass is 266 g/mol. The number of rotatable bonds is 4. The van der Waals surface area contributed by atoms with Crippen LogP contribution in [0.1, 0.15) is 12.8 Å². The van der Waals surface area contributed by atoms with E-state index in [1.54, 1.807) is 12.1 Å². The van der Waals surface area contributed by atoms with Gasteiger partial charge in [-0.3, -0.25) is 0 Å². The summed E-state index contributed by atoms with van der Waals surface area (Å²) < 4.78 is 25.0. The molecule has 1 aliphatic rings. The molecule has 0 unspecified atom stereocenters. The first-order valence-corrected chi connectivity index (χ1v) is 7.38. The summed E-state index contributed by atoms with van der Waals surface area (Å²) in [6.07, 6.45) is 6.36. The van der Waals surface area contributed by atoms with Crippen LogP contribution in [0.5, 0.6) is 0 Å². The molecule has 5 heteroatoms. The maximum absolute atomic E-state index is 11.9. The van der Waals surface area contributed by atoms with Crippen molar-refractivity contribution in [1.29, 1.82) is 0 Å². The average molecular weight is 266 g/mol. The van der Waals surface area contributed by atoms with Crippen LogP contribution >= 0.6 is 0 Å². The second-order valence-electron chi connectivity index (χ2n) is 4.60. The number of nitrogens with one attached hydrogen (secondary N) is 1. The van der Waals surface area contributed by atoms with Crippen LogP contribution in [0.25, 0.3) is 0 Å². The molecule has 1 aromatic carbocycles. The molecule has 98 valence electrons. The molecule has 0 amide bonds. The Morgan fingerprint density at radius 2 is 1.67 bits per heavy atom. The van der Waals surface area contributed by atoms with E-state index in [4.69, 9.17) is 0 Å². The molecule has 0 aliphatic heterocycles. The van der Waals surface area contributed by atoms with Crippen molar-refractivity contribution in [2.24, 2.45) is 0 Å². The van der Waals surface area contributed by atoms with Gasteiger partial charge >= 0.3 is 0 Å². The zero-order valence-electron chi connectivity index (χ0n) is 10.6. The minimum atomic E-state index is -3.33. The van der Waals surface area contributed by atoms with E-state index in [1.807, 2.05) is 12.1 Å². The van der Waals surface area contributed by atoms with Gasteiger partial charge < -0.3 is 5.32 Å². The third-order valence-corrected chi connectivity index (χ3v) is 4.84. The molecule has 0 saturated carbocycles. The van der Waals surface area contributed by atoms with E-state index >= 15 is 0 Å². The molecular weight excluding hydrogens is 248 g/mol. The van der Waals surface area contributed by atoms with Gasteiger partial charge in [0.1, 0.15) is 0 Å².